The lowest BCUT2D eigenvalue weighted by molar-refractivity contribution is -0.134. The Morgan fingerprint density at radius 1 is 1.10 bits per heavy atom. The average molecular weight is 426 g/mol. The van der Waals surface area contributed by atoms with Crippen molar-refractivity contribution in [2.75, 3.05) is 37.6 Å². The van der Waals surface area contributed by atoms with Crippen molar-refractivity contribution >= 4 is 11.7 Å². The van der Waals surface area contributed by atoms with Gasteiger partial charge in [-0.05, 0) is 45.4 Å². The first-order valence-corrected chi connectivity index (χ1v) is 11.9. The number of hydrogen-bond donors (Lipinski definition) is 0. The number of carbonyl (C=O) groups is 1. The van der Waals surface area contributed by atoms with E-state index in [9.17, 15) is 4.79 Å². The van der Waals surface area contributed by atoms with Gasteiger partial charge in [0.05, 0.1) is 17.9 Å². The van der Waals surface area contributed by atoms with Crippen molar-refractivity contribution < 1.29 is 4.79 Å². The second-order valence-electron chi connectivity index (χ2n) is 8.59. The summed E-state index contributed by atoms with van der Waals surface area (Å²) in [6.07, 6.45) is 2.42. The monoisotopic (exact) mass is 425 g/mol. The van der Waals surface area contributed by atoms with Gasteiger partial charge in [-0.15, -0.1) is 0 Å². The molecule has 1 amide bonds. The highest BCUT2D eigenvalue weighted by Crippen LogP contribution is 2.30. The fourth-order valence-corrected chi connectivity index (χ4v) is 4.32. The number of rotatable bonds is 9. The second kappa shape index (κ2) is 10.8. The van der Waals surface area contributed by atoms with E-state index in [0.29, 0.717) is 13.0 Å². The first kappa shape index (κ1) is 23.3. The number of aromatic nitrogens is 2. The molecular formula is C25H39N5O. The van der Waals surface area contributed by atoms with Crippen LogP contribution < -0.4 is 4.90 Å². The van der Waals surface area contributed by atoms with Gasteiger partial charge in [-0.2, -0.15) is 5.10 Å². The van der Waals surface area contributed by atoms with Crippen LogP contribution in [0.25, 0.3) is 5.69 Å². The van der Waals surface area contributed by atoms with Crippen LogP contribution in [-0.2, 0) is 11.3 Å². The van der Waals surface area contributed by atoms with Crippen molar-refractivity contribution in [2.45, 2.75) is 66.5 Å². The molecule has 1 saturated heterocycles. The molecule has 2 heterocycles. The molecule has 6 nitrogen and oxygen atoms in total. The minimum Gasteiger partial charge on any atom is -0.354 e. The van der Waals surface area contributed by atoms with E-state index >= 15 is 0 Å². The van der Waals surface area contributed by atoms with Crippen LogP contribution in [0.3, 0.4) is 0 Å². The van der Waals surface area contributed by atoms with Gasteiger partial charge >= 0.3 is 0 Å². The SMILES string of the molecule is CCCC(=O)N(Cc1c(C)nn(-c2ccccc2)c1N1CCN(CC)CC1)[C@@H](C)CC. The predicted octanol–water partition coefficient (Wildman–Crippen LogP) is 4.25. The number of nitrogens with zero attached hydrogens (tertiary/aromatic N) is 5. The maximum absolute atomic E-state index is 13.0. The standard InChI is InChI=1S/C25H39N5O/c1-6-12-24(31)29(20(4)7-2)19-23-21(5)26-30(22-13-10-9-11-14-22)25(23)28-17-15-27(8-3)16-18-28/h9-11,13-14,20H,6-8,12,15-19H2,1-5H3/t20-/m0/s1. The van der Waals surface area contributed by atoms with Crippen LogP contribution in [0.15, 0.2) is 30.3 Å². The number of amides is 1. The second-order valence-corrected chi connectivity index (χ2v) is 8.59. The highest BCUT2D eigenvalue weighted by Gasteiger charge is 2.28. The Morgan fingerprint density at radius 2 is 1.77 bits per heavy atom. The Bertz CT molecular complexity index is 839. The zero-order chi connectivity index (χ0) is 22.4. The first-order chi connectivity index (χ1) is 15.0. The quantitative estimate of drug-likeness (QED) is 0.602. The molecule has 1 atom stereocenters. The summed E-state index contributed by atoms with van der Waals surface area (Å²) in [7, 11) is 0. The van der Waals surface area contributed by atoms with Crippen LogP contribution in [0.1, 0.15) is 58.2 Å². The van der Waals surface area contributed by atoms with Crippen LogP contribution >= 0.6 is 0 Å². The van der Waals surface area contributed by atoms with Crippen LogP contribution in [0, 0.1) is 6.92 Å². The Balaban J connectivity index is 2.02. The van der Waals surface area contributed by atoms with E-state index in [1.165, 1.54) is 5.56 Å². The first-order valence-electron chi connectivity index (χ1n) is 11.9. The molecule has 0 bridgehead atoms. The lowest BCUT2D eigenvalue weighted by atomic mass is 10.1. The third kappa shape index (κ3) is 5.29. The van der Waals surface area contributed by atoms with Crippen LogP contribution in [-0.4, -0.2) is 64.3 Å². The number of likely N-dealkylation sites (N-methyl/N-ethyl adjacent to an activating group) is 1. The lowest BCUT2D eigenvalue weighted by Gasteiger charge is -2.37. The maximum Gasteiger partial charge on any atom is 0.223 e. The number of para-hydroxylation sites is 1. The molecule has 1 fully saturated rings. The minimum absolute atomic E-state index is 0.211. The summed E-state index contributed by atoms with van der Waals surface area (Å²) in [5, 5.41) is 4.96. The van der Waals surface area contributed by atoms with E-state index in [-0.39, 0.29) is 11.9 Å². The third-order valence-corrected chi connectivity index (χ3v) is 6.51. The van der Waals surface area contributed by atoms with E-state index in [4.69, 9.17) is 5.10 Å². The van der Waals surface area contributed by atoms with Gasteiger partial charge in [0.2, 0.25) is 5.91 Å². The van der Waals surface area contributed by atoms with Gasteiger partial charge in [0.25, 0.3) is 0 Å². The van der Waals surface area contributed by atoms with E-state index in [1.807, 2.05) is 6.07 Å². The molecule has 0 N–H and O–H groups in total. The number of carbonyl (C=O) groups excluding carboxylic acids is 1. The Kier molecular flexibility index (Phi) is 8.13. The van der Waals surface area contributed by atoms with Gasteiger partial charge in [-0.25, -0.2) is 4.68 Å². The van der Waals surface area contributed by atoms with Gasteiger partial charge in [-0.3, -0.25) is 4.79 Å². The summed E-state index contributed by atoms with van der Waals surface area (Å²) in [6.45, 7) is 16.5. The highest BCUT2D eigenvalue weighted by molar-refractivity contribution is 5.76. The lowest BCUT2D eigenvalue weighted by Crippen LogP contribution is -2.47. The van der Waals surface area contributed by atoms with Gasteiger partial charge in [0.1, 0.15) is 5.82 Å². The number of aryl methyl sites for hydroxylation is 1. The smallest absolute Gasteiger partial charge is 0.223 e. The van der Waals surface area contributed by atoms with Gasteiger partial charge in [0, 0.05) is 44.2 Å². The van der Waals surface area contributed by atoms with Crippen LogP contribution in [0.2, 0.25) is 0 Å². The molecule has 0 aliphatic carbocycles. The molecule has 0 saturated carbocycles. The molecule has 0 radical (unpaired) electrons. The molecule has 31 heavy (non-hydrogen) atoms. The fourth-order valence-electron chi connectivity index (χ4n) is 4.32. The zero-order valence-electron chi connectivity index (χ0n) is 20.0. The average Bonchev–Trinajstić information content (AvgIpc) is 3.13. The van der Waals surface area contributed by atoms with Crippen LogP contribution in [0.4, 0.5) is 5.82 Å². The molecule has 1 aromatic heterocycles. The number of hydrogen-bond acceptors (Lipinski definition) is 4. The Labute approximate surface area is 187 Å². The predicted molar refractivity (Wildman–Crippen MR) is 128 cm³/mol. The van der Waals surface area contributed by atoms with Crippen molar-refractivity contribution in [3.05, 3.63) is 41.6 Å². The summed E-state index contributed by atoms with van der Waals surface area (Å²) >= 11 is 0. The third-order valence-electron chi connectivity index (χ3n) is 6.51. The van der Waals surface area contributed by atoms with Crippen molar-refractivity contribution in [3.63, 3.8) is 0 Å². The molecule has 1 aliphatic rings. The molecule has 2 aromatic rings. The number of piperazine rings is 1. The molecule has 1 aromatic carbocycles. The van der Waals surface area contributed by atoms with Gasteiger partial charge in [-0.1, -0.05) is 39.0 Å². The van der Waals surface area contributed by atoms with Crippen molar-refractivity contribution in [2.24, 2.45) is 0 Å². The van der Waals surface area contributed by atoms with E-state index < -0.39 is 0 Å². The molecule has 170 valence electrons. The molecule has 6 heteroatoms. The molecule has 0 unspecified atom stereocenters. The number of anilines is 1. The van der Waals surface area contributed by atoms with Crippen LogP contribution in [0.5, 0.6) is 0 Å². The minimum atomic E-state index is 0.211. The van der Waals surface area contributed by atoms with Crippen molar-refractivity contribution in [3.8, 4) is 5.69 Å². The Morgan fingerprint density at radius 3 is 2.35 bits per heavy atom. The van der Waals surface area contributed by atoms with Crippen molar-refractivity contribution in [1.29, 1.82) is 0 Å². The number of benzene rings is 1. The fraction of sp³-hybridized carbons (Fsp3) is 0.600. The Hall–Kier alpha value is -2.34. The topological polar surface area (TPSA) is 44.6 Å². The molecular weight excluding hydrogens is 386 g/mol. The summed E-state index contributed by atoms with van der Waals surface area (Å²) in [5.41, 5.74) is 3.26. The van der Waals surface area contributed by atoms with E-state index in [1.54, 1.807) is 0 Å². The van der Waals surface area contributed by atoms with E-state index in [0.717, 1.165) is 62.8 Å². The zero-order valence-corrected chi connectivity index (χ0v) is 20.0. The summed E-state index contributed by atoms with van der Waals surface area (Å²) in [4.78, 5) is 20.0. The largest absolute Gasteiger partial charge is 0.354 e. The van der Waals surface area contributed by atoms with Gasteiger partial charge < -0.3 is 14.7 Å². The highest BCUT2D eigenvalue weighted by atomic mass is 16.2. The maximum atomic E-state index is 13.0. The summed E-state index contributed by atoms with van der Waals surface area (Å²) < 4.78 is 2.09. The summed E-state index contributed by atoms with van der Waals surface area (Å²) in [5.74, 6) is 1.39. The van der Waals surface area contributed by atoms with Gasteiger partial charge in [0.15, 0.2) is 0 Å². The van der Waals surface area contributed by atoms with E-state index in [2.05, 4.69) is 78.3 Å². The molecule has 0 spiro atoms. The summed E-state index contributed by atoms with van der Waals surface area (Å²) in [6, 6.07) is 10.6. The van der Waals surface area contributed by atoms with Crippen molar-refractivity contribution in [1.82, 2.24) is 19.6 Å². The normalized spacial score (nSPS) is 15.8. The molecule has 3 rings (SSSR count). The molecule has 1 aliphatic heterocycles.